The van der Waals surface area contributed by atoms with E-state index in [-0.39, 0.29) is 11.8 Å². The van der Waals surface area contributed by atoms with Crippen LogP contribution in [0.15, 0.2) is 12.5 Å². The highest BCUT2D eigenvalue weighted by molar-refractivity contribution is 5.95. The SMILES string of the molecule is CC(C)c1ncncc1C(=O)N1C2CCNCC1CC2. The molecule has 0 saturated carbocycles. The molecule has 108 valence electrons. The van der Waals surface area contributed by atoms with Crippen molar-refractivity contribution in [2.24, 2.45) is 0 Å². The Balaban J connectivity index is 1.93. The molecule has 1 amide bonds. The normalized spacial score (nSPS) is 25.9. The smallest absolute Gasteiger partial charge is 0.257 e. The van der Waals surface area contributed by atoms with Crippen molar-refractivity contribution in [1.29, 1.82) is 0 Å². The van der Waals surface area contributed by atoms with Crippen LogP contribution in [-0.2, 0) is 0 Å². The van der Waals surface area contributed by atoms with Crippen molar-refractivity contribution in [3.63, 3.8) is 0 Å². The van der Waals surface area contributed by atoms with Crippen LogP contribution in [0.5, 0.6) is 0 Å². The van der Waals surface area contributed by atoms with Gasteiger partial charge in [-0.1, -0.05) is 13.8 Å². The predicted molar refractivity (Wildman–Crippen MR) is 76.6 cm³/mol. The first-order valence-corrected chi connectivity index (χ1v) is 7.51. The summed E-state index contributed by atoms with van der Waals surface area (Å²) in [5, 5.41) is 3.43. The summed E-state index contributed by atoms with van der Waals surface area (Å²) in [6.45, 7) is 6.05. The number of aromatic nitrogens is 2. The summed E-state index contributed by atoms with van der Waals surface area (Å²) in [4.78, 5) is 23.4. The van der Waals surface area contributed by atoms with E-state index in [9.17, 15) is 4.79 Å². The third-order valence-corrected chi connectivity index (χ3v) is 4.41. The average molecular weight is 274 g/mol. The Morgan fingerprint density at radius 1 is 1.35 bits per heavy atom. The number of rotatable bonds is 2. The second-order valence-electron chi connectivity index (χ2n) is 6.07. The lowest BCUT2D eigenvalue weighted by Gasteiger charge is -2.28. The summed E-state index contributed by atoms with van der Waals surface area (Å²) >= 11 is 0. The first kappa shape index (κ1) is 13.5. The van der Waals surface area contributed by atoms with E-state index >= 15 is 0 Å². The molecule has 0 aromatic carbocycles. The van der Waals surface area contributed by atoms with Gasteiger partial charge in [-0.2, -0.15) is 0 Å². The fourth-order valence-electron chi connectivity index (χ4n) is 3.42. The molecule has 2 fully saturated rings. The summed E-state index contributed by atoms with van der Waals surface area (Å²) in [5.41, 5.74) is 1.54. The van der Waals surface area contributed by atoms with Crippen molar-refractivity contribution >= 4 is 5.91 Å². The number of amides is 1. The molecule has 1 aromatic heterocycles. The maximum atomic E-state index is 13.0. The Morgan fingerprint density at radius 2 is 2.15 bits per heavy atom. The summed E-state index contributed by atoms with van der Waals surface area (Å²) in [7, 11) is 0. The van der Waals surface area contributed by atoms with E-state index in [2.05, 4.69) is 34.0 Å². The van der Waals surface area contributed by atoms with Gasteiger partial charge in [0, 0.05) is 24.8 Å². The fourth-order valence-corrected chi connectivity index (χ4v) is 3.42. The van der Waals surface area contributed by atoms with E-state index in [4.69, 9.17) is 0 Å². The van der Waals surface area contributed by atoms with Gasteiger partial charge < -0.3 is 10.2 Å². The van der Waals surface area contributed by atoms with Crippen molar-refractivity contribution in [2.75, 3.05) is 13.1 Å². The Labute approximate surface area is 119 Å². The Hall–Kier alpha value is -1.49. The zero-order valence-electron chi connectivity index (χ0n) is 12.2. The average Bonchev–Trinajstić information content (AvgIpc) is 2.71. The molecule has 5 nitrogen and oxygen atoms in total. The van der Waals surface area contributed by atoms with Gasteiger partial charge in [-0.15, -0.1) is 0 Å². The third kappa shape index (κ3) is 2.30. The summed E-state index contributed by atoms with van der Waals surface area (Å²) in [6.07, 6.45) is 6.50. The molecule has 5 heteroatoms. The Kier molecular flexibility index (Phi) is 3.70. The Morgan fingerprint density at radius 3 is 2.95 bits per heavy atom. The second-order valence-corrected chi connectivity index (χ2v) is 6.07. The van der Waals surface area contributed by atoms with Gasteiger partial charge in [-0.05, 0) is 31.7 Å². The lowest BCUT2D eigenvalue weighted by atomic mass is 10.0. The van der Waals surface area contributed by atoms with Gasteiger partial charge in [0.15, 0.2) is 0 Å². The van der Waals surface area contributed by atoms with E-state index in [1.54, 1.807) is 6.20 Å². The van der Waals surface area contributed by atoms with Gasteiger partial charge in [0.2, 0.25) is 0 Å². The van der Waals surface area contributed by atoms with Gasteiger partial charge in [0.05, 0.1) is 11.3 Å². The molecule has 0 radical (unpaired) electrons. The van der Waals surface area contributed by atoms with Crippen molar-refractivity contribution in [1.82, 2.24) is 20.2 Å². The van der Waals surface area contributed by atoms with E-state index in [1.807, 2.05) is 0 Å². The molecular formula is C15H22N4O. The van der Waals surface area contributed by atoms with Crippen LogP contribution in [0.4, 0.5) is 0 Å². The molecule has 2 aliphatic heterocycles. The number of hydrogen-bond donors (Lipinski definition) is 1. The molecule has 2 bridgehead atoms. The molecule has 2 unspecified atom stereocenters. The number of carbonyl (C=O) groups excluding carboxylic acids is 1. The molecular weight excluding hydrogens is 252 g/mol. The molecule has 1 aromatic rings. The molecule has 2 atom stereocenters. The summed E-state index contributed by atoms with van der Waals surface area (Å²) in [5.74, 6) is 0.352. The van der Waals surface area contributed by atoms with E-state index in [0.717, 1.165) is 38.0 Å². The molecule has 3 rings (SSSR count). The topological polar surface area (TPSA) is 58.1 Å². The van der Waals surface area contributed by atoms with Crippen LogP contribution in [0.3, 0.4) is 0 Å². The van der Waals surface area contributed by atoms with Gasteiger partial charge in [-0.3, -0.25) is 4.79 Å². The Bertz CT molecular complexity index is 488. The maximum Gasteiger partial charge on any atom is 0.257 e. The van der Waals surface area contributed by atoms with Gasteiger partial charge in [-0.25, -0.2) is 9.97 Å². The number of nitrogens with one attached hydrogen (secondary N) is 1. The minimum Gasteiger partial charge on any atom is -0.331 e. The molecule has 1 N–H and O–H groups in total. The highest BCUT2D eigenvalue weighted by Gasteiger charge is 2.39. The number of fused-ring (bicyclic) bond motifs is 2. The molecule has 3 heterocycles. The minimum absolute atomic E-state index is 0.116. The molecule has 0 spiro atoms. The van der Waals surface area contributed by atoms with Crippen molar-refractivity contribution in [2.45, 2.75) is 51.1 Å². The number of nitrogens with zero attached hydrogens (tertiary/aromatic N) is 3. The predicted octanol–water partition coefficient (Wildman–Crippen LogP) is 1.57. The fraction of sp³-hybridized carbons (Fsp3) is 0.667. The van der Waals surface area contributed by atoms with Crippen LogP contribution < -0.4 is 5.32 Å². The van der Waals surface area contributed by atoms with Crippen LogP contribution in [-0.4, -0.2) is 45.9 Å². The van der Waals surface area contributed by atoms with Gasteiger partial charge in [0.25, 0.3) is 5.91 Å². The van der Waals surface area contributed by atoms with Crippen LogP contribution in [0.1, 0.15) is 55.1 Å². The lowest BCUT2D eigenvalue weighted by molar-refractivity contribution is 0.0677. The monoisotopic (exact) mass is 274 g/mol. The van der Waals surface area contributed by atoms with Gasteiger partial charge >= 0.3 is 0 Å². The molecule has 20 heavy (non-hydrogen) atoms. The first-order chi connectivity index (χ1) is 9.68. The van der Waals surface area contributed by atoms with Crippen molar-refractivity contribution < 1.29 is 4.79 Å². The summed E-state index contributed by atoms with van der Waals surface area (Å²) in [6, 6.07) is 0.706. The number of hydrogen-bond acceptors (Lipinski definition) is 4. The molecule has 2 aliphatic rings. The first-order valence-electron chi connectivity index (χ1n) is 7.51. The quantitative estimate of drug-likeness (QED) is 0.889. The van der Waals surface area contributed by atoms with Crippen molar-refractivity contribution in [3.05, 3.63) is 23.8 Å². The van der Waals surface area contributed by atoms with Crippen LogP contribution in [0.25, 0.3) is 0 Å². The third-order valence-electron chi connectivity index (χ3n) is 4.41. The van der Waals surface area contributed by atoms with E-state index < -0.39 is 0 Å². The second kappa shape index (κ2) is 5.48. The largest absolute Gasteiger partial charge is 0.331 e. The van der Waals surface area contributed by atoms with Gasteiger partial charge in [0.1, 0.15) is 6.33 Å². The molecule has 0 aliphatic carbocycles. The van der Waals surface area contributed by atoms with Crippen LogP contribution >= 0.6 is 0 Å². The van der Waals surface area contributed by atoms with E-state index in [0.29, 0.717) is 17.6 Å². The highest BCUT2D eigenvalue weighted by Crippen LogP contribution is 2.30. The maximum absolute atomic E-state index is 13.0. The molecule has 2 saturated heterocycles. The van der Waals surface area contributed by atoms with Crippen molar-refractivity contribution in [3.8, 4) is 0 Å². The highest BCUT2D eigenvalue weighted by atomic mass is 16.2. The van der Waals surface area contributed by atoms with Crippen LogP contribution in [0, 0.1) is 0 Å². The zero-order chi connectivity index (χ0) is 14.1. The standard InChI is InChI=1S/C15H22N4O/c1-10(2)14-13(8-17-9-18-14)15(20)19-11-3-4-12(19)7-16-6-5-11/h8-12,16H,3-7H2,1-2H3. The van der Waals surface area contributed by atoms with Crippen LogP contribution in [0.2, 0.25) is 0 Å². The zero-order valence-corrected chi connectivity index (χ0v) is 12.2. The summed E-state index contributed by atoms with van der Waals surface area (Å²) < 4.78 is 0. The number of carbonyl (C=O) groups is 1. The van der Waals surface area contributed by atoms with E-state index in [1.165, 1.54) is 6.33 Å². The minimum atomic E-state index is 0.116. The lowest BCUT2D eigenvalue weighted by Crippen LogP contribution is -2.43.